The van der Waals surface area contributed by atoms with E-state index >= 15 is 0 Å². The number of ether oxygens (including phenoxy) is 1. The Morgan fingerprint density at radius 1 is 1.15 bits per heavy atom. The van der Waals surface area contributed by atoms with Crippen LogP contribution >= 0.6 is 0 Å². The lowest BCUT2D eigenvalue weighted by molar-refractivity contribution is 0.157. The number of aromatic nitrogens is 4. The van der Waals surface area contributed by atoms with Crippen molar-refractivity contribution < 1.29 is 4.74 Å². The Kier molecular flexibility index (Phi) is 6.21. The fourth-order valence-electron chi connectivity index (χ4n) is 3.74. The molecule has 1 aromatic heterocycles. The molecule has 7 nitrogen and oxygen atoms in total. The minimum absolute atomic E-state index is 0.252. The molecule has 0 spiro atoms. The molecule has 0 N–H and O–H groups in total. The van der Waals surface area contributed by atoms with Gasteiger partial charge in [-0.2, -0.15) is 0 Å². The van der Waals surface area contributed by atoms with Gasteiger partial charge in [-0.15, -0.1) is 5.10 Å². The van der Waals surface area contributed by atoms with Crippen molar-refractivity contribution in [1.82, 2.24) is 25.1 Å². The van der Waals surface area contributed by atoms with Gasteiger partial charge < -0.3 is 9.64 Å². The molecule has 2 aromatic rings. The monoisotopic (exact) mass is 358 g/mol. The van der Waals surface area contributed by atoms with Crippen molar-refractivity contribution in [3.8, 4) is 0 Å². The van der Waals surface area contributed by atoms with Crippen LogP contribution in [0, 0.1) is 13.8 Å². The third kappa shape index (κ3) is 3.88. The zero-order chi connectivity index (χ0) is 18.5. The minimum Gasteiger partial charge on any atom is -0.383 e. The van der Waals surface area contributed by atoms with Crippen molar-refractivity contribution in [3.05, 3.63) is 35.2 Å². The first-order chi connectivity index (χ1) is 12.7. The van der Waals surface area contributed by atoms with Crippen molar-refractivity contribution in [1.29, 1.82) is 0 Å². The molecule has 1 aliphatic rings. The van der Waals surface area contributed by atoms with E-state index < -0.39 is 0 Å². The lowest BCUT2D eigenvalue weighted by Gasteiger charge is -2.40. The summed E-state index contributed by atoms with van der Waals surface area (Å²) in [5.41, 5.74) is 4.10. The average Bonchev–Trinajstić information content (AvgIpc) is 3.12. The van der Waals surface area contributed by atoms with E-state index in [1.54, 1.807) is 7.11 Å². The van der Waals surface area contributed by atoms with Crippen molar-refractivity contribution in [2.45, 2.75) is 39.8 Å². The van der Waals surface area contributed by atoms with E-state index in [1.807, 2.05) is 4.68 Å². The summed E-state index contributed by atoms with van der Waals surface area (Å²) in [6.07, 6.45) is 0.997. The van der Waals surface area contributed by atoms with Gasteiger partial charge in [-0.1, -0.05) is 19.1 Å². The molecule has 0 saturated carbocycles. The summed E-state index contributed by atoms with van der Waals surface area (Å²) in [6.45, 7) is 12.0. The number of anilines is 1. The SMILES string of the molecule is CCC(c1nnnn1CCOC)N1CCN(c2cccc(C)c2C)CC1. The molecule has 0 amide bonds. The van der Waals surface area contributed by atoms with Gasteiger partial charge in [0.15, 0.2) is 5.82 Å². The quantitative estimate of drug-likeness (QED) is 0.756. The average molecular weight is 358 g/mol. The number of rotatable bonds is 7. The molecular formula is C19H30N6O. The Bertz CT molecular complexity index is 708. The minimum atomic E-state index is 0.252. The van der Waals surface area contributed by atoms with Crippen molar-refractivity contribution >= 4 is 5.69 Å². The third-order valence-corrected chi connectivity index (χ3v) is 5.42. The number of tetrazole rings is 1. The van der Waals surface area contributed by atoms with Crippen LogP contribution in [0.2, 0.25) is 0 Å². The maximum atomic E-state index is 5.18. The number of hydrogen-bond acceptors (Lipinski definition) is 6. The summed E-state index contributed by atoms with van der Waals surface area (Å²) in [5, 5.41) is 12.3. The molecular weight excluding hydrogens is 328 g/mol. The Labute approximate surface area is 155 Å². The molecule has 1 fully saturated rings. The molecule has 1 unspecified atom stereocenters. The van der Waals surface area contributed by atoms with Crippen LogP contribution in [-0.2, 0) is 11.3 Å². The summed E-state index contributed by atoms with van der Waals surface area (Å²) < 4.78 is 7.06. The van der Waals surface area contributed by atoms with Gasteiger partial charge in [-0.05, 0) is 47.9 Å². The second-order valence-corrected chi connectivity index (χ2v) is 6.92. The highest BCUT2D eigenvalue weighted by Gasteiger charge is 2.28. The van der Waals surface area contributed by atoms with E-state index in [-0.39, 0.29) is 6.04 Å². The van der Waals surface area contributed by atoms with E-state index in [2.05, 4.69) is 64.3 Å². The normalized spacial score (nSPS) is 16.8. The van der Waals surface area contributed by atoms with Crippen LogP contribution < -0.4 is 4.90 Å². The standard InChI is InChI=1S/C19H30N6O/c1-5-17(19-20-21-22-25(19)13-14-26-4)23-9-11-24(12-10-23)18-8-6-7-15(2)16(18)3/h6-8,17H,5,9-14H2,1-4H3. The van der Waals surface area contributed by atoms with Gasteiger partial charge >= 0.3 is 0 Å². The fraction of sp³-hybridized carbons (Fsp3) is 0.632. The molecule has 1 atom stereocenters. The highest BCUT2D eigenvalue weighted by atomic mass is 16.5. The molecule has 1 aliphatic heterocycles. The Morgan fingerprint density at radius 2 is 1.92 bits per heavy atom. The topological polar surface area (TPSA) is 59.3 Å². The van der Waals surface area contributed by atoms with Gasteiger partial charge in [-0.3, -0.25) is 4.90 Å². The van der Waals surface area contributed by atoms with Gasteiger partial charge in [0, 0.05) is 39.0 Å². The van der Waals surface area contributed by atoms with Crippen LogP contribution in [-0.4, -0.2) is 65.0 Å². The van der Waals surface area contributed by atoms with Gasteiger partial charge in [0.2, 0.25) is 0 Å². The Balaban J connectivity index is 1.68. The maximum absolute atomic E-state index is 5.18. The number of nitrogens with zero attached hydrogens (tertiary/aromatic N) is 6. The summed E-state index contributed by atoms with van der Waals surface area (Å²) in [6, 6.07) is 6.83. The first-order valence-corrected chi connectivity index (χ1v) is 9.46. The number of piperazine rings is 1. The van der Waals surface area contributed by atoms with E-state index in [1.165, 1.54) is 16.8 Å². The van der Waals surface area contributed by atoms with E-state index in [0.29, 0.717) is 13.2 Å². The lowest BCUT2D eigenvalue weighted by atomic mass is 10.1. The molecule has 2 heterocycles. The second-order valence-electron chi connectivity index (χ2n) is 6.92. The molecule has 1 aromatic carbocycles. The zero-order valence-electron chi connectivity index (χ0n) is 16.4. The van der Waals surface area contributed by atoms with Crippen LogP contribution in [0.5, 0.6) is 0 Å². The number of methoxy groups -OCH3 is 1. The first kappa shape index (κ1) is 18.8. The van der Waals surface area contributed by atoms with E-state index in [4.69, 9.17) is 4.74 Å². The van der Waals surface area contributed by atoms with Crippen LogP contribution in [0.25, 0.3) is 0 Å². The van der Waals surface area contributed by atoms with E-state index in [9.17, 15) is 0 Å². The molecule has 0 aliphatic carbocycles. The molecule has 26 heavy (non-hydrogen) atoms. The second kappa shape index (κ2) is 8.60. The smallest absolute Gasteiger partial charge is 0.168 e. The number of benzene rings is 1. The predicted molar refractivity (Wildman–Crippen MR) is 102 cm³/mol. The maximum Gasteiger partial charge on any atom is 0.168 e. The molecule has 0 bridgehead atoms. The van der Waals surface area contributed by atoms with Crippen LogP contribution in [0.1, 0.15) is 36.3 Å². The Hall–Kier alpha value is -1.99. The van der Waals surface area contributed by atoms with Crippen molar-refractivity contribution in [2.75, 3.05) is 44.8 Å². The lowest BCUT2D eigenvalue weighted by Crippen LogP contribution is -2.48. The summed E-state index contributed by atoms with van der Waals surface area (Å²) >= 11 is 0. The number of aryl methyl sites for hydroxylation is 1. The largest absolute Gasteiger partial charge is 0.383 e. The summed E-state index contributed by atoms with van der Waals surface area (Å²) in [4.78, 5) is 5.01. The fourth-order valence-corrected chi connectivity index (χ4v) is 3.74. The van der Waals surface area contributed by atoms with Crippen LogP contribution in [0.15, 0.2) is 18.2 Å². The molecule has 7 heteroatoms. The predicted octanol–water partition coefficient (Wildman–Crippen LogP) is 2.21. The first-order valence-electron chi connectivity index (χ1n) is 9.46. The van der Waals surface area contributed by atoms with Gasteiger partial charge in [0.1, 0.15) is 0 Å². The zero-order valence-corrected chi connectivity index (χ0v) is 16.4. The van der Waals surface area contributed by atoms with Crippen LogP contribution in [0.4, 0.5) is 5.69 Å². The highest BCUT2D eigenvalue weighted by molar-refractivity contribution is 5.56. The third-order valence-electron chi connectivity index (χ3n) is 5.42. The van der Waals surface area contributed by atoms with E-state index in [0.717, 1.165) is 38.4 Å². The van der Waals surface area contributed by atoms with Crippen LogP contribution in [0.3, 0.4) is 0 Å². The van der Waals surface area contributed by atoms with Gasteiger partial charge in [-0.25, -0.2) is 4.68 Å². The van der Waals surface area contributed by atoms with Gasteiger partial charge in [0.05, 0.1) is 19.2 Å². The highest BCUT2D eigenvalue weighted by Crippen LogP contribution is 2.27. The molecule has 1 saturated heterocycles. The Morgan fingerprint density at radius 3 is 2.62 bits per heavy atom. The van der Waals surface area contributed by atoms with Crippen molar-refractivity contribution in [2.24, 2.45) is 0 Å². The molecule has 3 rings (SSSR count). The summed E-state index contributed by atoms with van der Waals surface area (Å²) in [5.74, 6) is 0.949. The molecule has 142 valence electrons. The number of hydrogen-bond donors (Lipinski definition) is 0. The van der Waals surface area contributed by atoms with Gasteiger partial charge in [0.25, 0.3) is 0 Å². The molecule has 0 radical (unpaired) electrons. The van der Waals surface area contributed by atoms with Crippen molar-refractivity contribution in [3.63, 3.8) is 0 Å². The summed E-state index contributed by atoms with van der Waals surface area (Å²) in [7, 11) is 1.70.